The molecule has 1 heterocycles. The Morgan fingerprint density at radius 3 is 2.24 bits per heavy atom. The number of fused-ring (bicyclic) bond motifs is 1. The van der Waals surface area contributed by atoms with Crippen LogP contribution in [0.1, 0.15) is 73.5 Å². The topological polar surface area (TPSA) is 122 Å². The van der Waals surface area contributed by atoms with Crippen LogP contribution in [0.2, 0.25) is 0 Å². The van der Waals surface area contributed by atoms with Gasteiger partial charge < -0.3 is 15.4 Å². The summed E-state index contributed by atoms with van der Waals surface area (Å²) in [6, 6.07) is 10.4. The Balaban J connectivity index is 1.36. The normalized spacial score (nSPS) is 15.6. The summed E-state index contributed by atoms with van der Waals surface area (Å²) in [5.74, 6) is -2.29. The van der Waals surface area contributed by atoms with Gasteiger partial charge in [-0.05, 0) is 55.3 Å². The van der Waals surface area contributed by atoms with Crippen molar-refractivity contribution in [3.05, 3.63) is 64.7 Å². The molecule has 2 N–H and O–H groups in total. The van der Waals surface area contributed by atoms with E-state index in [1.807, 2.05) is 0 Å². The number of carbonyl (C=O) groups excluding carboxylic acids is 5. The highest BCUT2D eigenvalue weighted by Gasteiger charge is 2.40. The van der Waals surface area contributed by atoms with Crippen molar-refractivity contribution in [1.29, 1.82) is 0 Å². The molecule has 0 bridgehead atoms. The highest BCUT2D eigenvalue weighted by atomic mass is 16.5. The zero-order valence-electron chi connectivity index (χ0n) is 18.8. The van der Waals surface area contributed by atoms with Gasteiger partial charge in [-0.3, -0.25) is 24.1 Å². The van der Waals surface area contributed by atoms with Crippen LogP contribution in [0.4, 0.5) is 5.69 Å². The minimum atomic E-state index is -0.774. The summed E-state index contributed by atoms with van der Waals surface area (Å²) in [6.45, 7) is -0.534. The molecule has 34 heavy (non-hydrogen) atoms. The second-order valence-corrected chi connectivity index (χ2v) is 8.31. The van der Waals surface area contributed by atoms with E-state index < -0.39 is 18.5 Å². The number of rotatable bonds is 6. The number of anilines is 1. The van der Waals surface area contributed by atoms with E-state index in [0.29, 0.717) is 11.3 Å². The van der Waals surface area contributed by atoms with Crippen molar-refractivity contribution < 1.29 is 28.7 Å². The molecule has 0 atom stereocenters. The first-order valence-electron chi connectivity index (χ1n) is 11.2. The molecule has 0 aromatic heterocycles. The number of hydrogen-bond acceptors (Lipinski definition) is 6. The number of esters is 1. The summed E-state index contributed by atoms with van der Waals surface area (Å²) in [4.78, 5) is 63.2. The summed E-state index contributed by atoms with van der Waals surface area (Å²) < 4.78 is 5.08. The van der Waals surface area contributed by atoms with E-state index in [1.165, 1.54) is 30.1 Å². The largest absolute Gasteiger partial charge is 0.452 e. The third-order valence-corrected chi connectivity index (χ3v) is 6.09. The lowest BCUT2D eigenvalue weighted by atomic mass is 9.94. The predicted molar refractivity (Wildman–Crippen MR) is 123 cm³/mol. The van der Waals surface area contributed by atoms with Gasteiger partial charge >= 0.3 is 5.97 Å². The van der Waals surface area contributed by atoms with E-state index >= 15 is 0 Å². The Morgan fingerprint density at radius 2 is 1.56 bits per heavy atom. The summed E-state index contributed by atoms with van der Waals surface area (Å²) >= 11 is 0. The molecule has 0 unspecified atom stereocenters. The quantitative estimate of drug-likeness (QED) is 0.502. The van der Waals surface area contributed by atoms with Crippen molar-refractivity contribution in [2.75, 3.05) is 19.0 Å². The summed E-state index contributed by atoms with van der Waals surface area (Å²) in [5.41, 5.74) is 1.45. The lowest BCUT2D eigenvalue weighted by molar-refractivity contribution is -0.119. The number of imide groups is 1. The highest BCUT2D eigenvalue weighted by molar-refractivity contribution is 6.22. The standard InChI is InChI=1S/C25H25N3O6/c1-26-22(30)15-7-10-17(11-8-15)27-21(29)14-34-25(33)16-9-12-19-20(13-16)24(32)28(23(19)31)18-5-3-2-4-6-18/h7-13,18H,2-6,14H2,1H3,(H,26,30)(H,27,29). The van der Waals surface area contributed by atoms with E-state index in [1.54, 1.807) is 24.3 Å². The second-order valence-electron chi connectivity index (χ2n) is 8.31. The van der Waals surface area contributed by atoms with Gasteiger partial charge in [0, 0.05) is 24.3 Å². The Hall–Kier alpha value is -4.01. The number of ether oxygens (including phenoxy) is 1. The van der Waals surface area contributed by atoms with Crippen molar-refractivity contribution in [3.8, 4) is 0 Å². The third kappa shape index (κ3) is 4.68. The average Bonchev–Trinajstić information content (AvgIpc) is 3.12. The highest BCUT2D eigenvalue weighted by Crippen LogP contribution is 2.31. The summed E-state index contributed by atoms with van der Waals surface area (Å²) in [6.07, 6.45) is 4.66. The Kier molecular flexibility index (Phi) is 6.72. The molecule has 0 spiro atoms. The van der Waals surface area contributed by atoms with Crippen LogP contribution in [0.3, 0.4) is 0 Å². The molecule has 1 saturated carbocycles. The first-order valence-corrected chi connectivity index (χ1v) is 11.2. The smallest absolute Gasteiger partial charge is 0.338 e. The number of nitrogens with one attached hydrogen (secondary N) is 2. The number of nitrogens with zero attached hydrogens (tertiary/aromatic N) is 1. The van der Waals surface area contributed by atoms with Gasteiger partial charge in [0.25, 0.3) is 23.6 Å². The zero-order valence-corrected chi connectivity index (χ0v) is 18.8. The van der Waals surface area contributed by atoms with Gasteiger partial charge in [-0.2, -0.15) is 0 Å². The summed E-state index contributed by atoms with van der Waals surface area (Å²) in [7, 11) is 1.52. The minimum absolute atomic E-state index is 0.0909. The molecule has 2 aliphatic rings. The number of amides is 4. The molecule has 1 aliphatic carbocycles. The fraction of sp³-hybridized carbons (Fsp3) is 0.320. The van der Waals surface area contributed by atoms with Crippen LogP contribution in [-0.2, 0) is 9.53 Å². The van der Waals surface area contributed by atoms with Crippen molar-refractivity contribution in [2.24, 2.45) is 0 Å². The third-order valence-electron chi connectivity index (χ3n) is 6.09. The lowest BCUT2D eigenvalue weighted by Crippen LogP contribution is -2.40. The number of hydrogen-bond donors (Lipinski definition) is 2. The van der Waals surface area contributed by atoms with Crippen LogP contribution in [0.15, 0.2) is 42.5 Å². The number of carbonyl (C=O) groups is 5. The average molecular weight is 463 g/mol. The van der Waals surface area contributed by atoms with Gasteiger partial charge in [-0.1, -0.05) is 19.3 Å². The molecular weight excluding hydrogens is 438 g/mol. The molecule has 9 nitrogen and oxygen atoms in total. The van der Waals surface area contributed by atoms with Crippen molar-refractivity contribution in [1.82, 2.24) is 10.2 Å². The molecule has 4 amide bonds. The molecule has 176 valence electrons. The molecule has 0 radical (unpaired) electrons. The first-order chi connectivity index (χ1) is 16.4. The lowest BCUT2D eigenvalue weighted by Gasteiger charge is -2.29. The van der Waals surface area contributed by atoms with Gasteiger partial charge in [-0.25, -0.2) is 4.79 Å². The molecule has 1 aliphatic heterocycles. The van der Waals surface area contributed by atoms with Crippen LogP contribution < -0.4 is 10.6 Å². The van der Waals surface area contributed by atoms with Gasteiger partial charge in [-0.15, -0.1) is 0 Å². The van der Waals surface area contributed by atoms with E-state index in [4.69, 9.17) is 4.74 Å². The van der Waals surface area contributed by atoms with Gasteiger partial charge in [0.15, 0.2) is 6.61 Å². The molecule has 2 aromatic rings. The van der Waals surface area contributed by atoms with Crippen LogP contribution in [-0.4, -0.2) is 54.2 Å². The monoisotopic (exact) mass is 463 g/mol. The van der Waals surface area contributed by atoms with Crippen molar-refractivity contribution in [3.63, 3.8) is 0 Å². The maximum Gasteiger partial charge on any atom is 0.338 e. The van der Waals surface area contributed by atoms with E-state index in [2.05, 4.69) is 10.6 Å². The van der Waals surface area contributed by atoms with Gasteiger partial charge in [0.1, 0.15) is 0 Å². The minimum Gasteiger partial charge on any atom is -0.452 e. The predicted octanol–water partition coefficient (Wildman–Crippen LogP) is 2.77. The molecular formula is C25H25N3O6. The fourth-order valence-corrected chi connectivity index (χ4v) is 4.32. The van der Waals surface area contributed by atoms with Crippen LogP contribution in [0.25, 0.3) is 0 Å². The van der Waals surface area contributed by atoms with Crippen LogP contribution in [0.5, 0.6) is 0 Å². The maximum absolute atomic E-state index is 12.9. The molecule has 9 heteroatoms. The maximum atomic E-state index is 12.9. The fourth-order valence-electron chi connectivity index (χ4n) is 4.32. The van der Waals surface area contributed by atoms with E-state index in [0.717, 1.165) is 32.1 Å². The van der Waals surface area contributed by atoms with Crippen LogP contribution in [0, 0.1) is 0 Å². The van der Waals surface area contributed by atoms with E-state index in [9.17, 15) is 24.0 Å². The second kappa shape index (κ2) is 9.86. The van der Waals surface area contributed by atoms with Gasteiger partial charge in [0.2, 0.25) is 0 Å². The molecule has 4 rings (SSSR count). The Labute approximate surface area is 196 Å². The zero-order chi connectivity index (χ0) is 24.2. The Bertz CT molecular complexity index is 1150. The van der Waals surface area contributed by atoms with Crippen molar-refractivity contribution in [2.45, 2.75) is 38.1 Å². The van der Waals surface area contributed by atoms with E-state index in [-0.39, 0.29) is 40.5 Å². The first kappa shape index (κ1) is 23.2. The SMILES string of the molecule is CNC(=O)c1ccc(NC(=O)COC(=O)c2ccc3c(c2)C(=O)N(C2CCCCC2)C3=O)cc1. The summed E-state index contributed by atoms with van der Waals surface area (Å²) in [5, 5.41) is 5.08. The molecule has 0 saturated heterocycles. The molecule has 2 aromatic carbocycles. The van der Waals surface area contributed by atoms with Crippen LogP contribution >= 0.6 is 0 Å². The van der Waals surface area contributed by atoms with Gasteiger partial charge in [0.05, 0.1) is 16.7 Å². The molecule has 1 fully saturated rings. The Morgan fingerprint density at radius 1 is 0.912 bits per heavy atom. The van der Waals surface area contributed by atoms with Crippen molar-refractivity contribution >= 4 is 35.3 Å². The number of benzene rings is 2.